The fraction of sp³-hybridized carbons (Fsp3) is 1.00. The number of aliphatic hydroxyl groups excluding tert-OH is 1. The molecule has 2 atom stereocenters. The molecule has 1 unspecified atom stereocenters. The molecule has 84 valence electrons. The maximum Gasteiger partial charge on any atom is 0.0636 e. The van der Waals surface area contributed by atoms with Crippen molar-refractivity contribution < 1.29 is 5.11 Å². The van der Waals surface area contributed by atoms with Gasteiger partial charge in [0.05, 0.1) is 6.10 Å². The van der Waals surface area contributed by atoms with E-state index in [1.165, 1.54) is 25.9 Å². The molecule has 0 bridgehead atoms. The van der Waals surface area contributed by atoms with E-state index in [1.54, 1.807) is 0 Å². The zero-order valence-electron chi connectivity index (χ0n) is 9.66. The van der Waals surface area contributed by atoms with Crippen molar-refractivity contribution in [2.75, 3.05) is 26.7 Å². The first-order valence-corrected chi connectivity index (χ1v) is 5.69. The summed E-state index contributed by atoms with van der Waals surface area (Å²) in [5, 5.41) is 12.6. The fourth-order valence-electron chi connectivity index (χ4n) is 2.05. The summed E-state index contributed by atoms with van der Waals surface area (Å²) >= 11 is 0. The Bertz CT molecular complexity index is 153. The Hall–Kier alpha value is -0.120. The standard InChI is InChI=1S/C11H24N2O/c1-9(14)8-12-10(2)11-4-6-13(3)7-5-11/h9-12,14H,4-8H2,1-3H3/t9-,10?/m1/s1. The van der Waals surface area contributed by atoms with E-state index in [9.17, 15) is 5.11 Å². The second kappa shape index (κ2) is 5.69. The second-order valence-electron chi connectivity index (χ2n) is 4.69. The highest BCUT2D eigenvalue weighted by molar-refractivity contribution is 4.78. The van der Waals surface area contributed by atoms with Gasteiger partial charge in [-0.1, -0.05) is 0 Å². The first-order valence-electron chi connectivity index (χ1n) is 5.69. The zero-order valence-corrected chi connectivity index (χ0v) is 9.66. The van der Waals surface area contributed by atoms with Gasteiger partial charge in [0.2, 0.25) is 0 Å². The molecule has 2 N–H and O–H groups in total. The highest BCUT2D eigenvalue weighted by Crippen LogP contribution is 2.19. The Labute approximate surface area is 87.5 Å². The van der Waals surface area contributed by atoms with Crippen LogP contribution in [-0.4, -0.2) is 48.8 Å². The van der Waals surface area contributed by atoms with Crippen molar-refractivity contribution in [2.24, 2.45) is 5.92 Å². The quantitative estimate of drug-likeness (QED) is 0.701. The molecular weight excluding hydrogens is 176 g/mol. The fourth-order valence-corrected chi connectivity index (χ4v) is 2.05. The van der Waals surface area contributed by atoms with Gasteiger partial charge in [0.1, 0.15) is 0 Å². The summed E-state index contributed by atoms with van der Waals surface area (Å²) in [5.41, 5.74) is 0. The topological polar surface area (TPSA) is 35.5 Å². The molecule has 14 heavy (non-hydrogen) atoms. The summed E-state index contributed by atoms with van der Waals surface area (Å²) < 4.78 is 0. The van der Waals surface area contributed by atoms with Gasteiger partial charge >= 0.3 is 0 Å². The minimum Gasteiger partial charge on any atom is -0.392 e. The van der Waals surface area contributed by atoms with Gasteiger partial charge in [0, 0.05) is 12.6 Å². The Morgan fingerprint density at radius 1 is 1.36 bits per heavy atom. The van der Waals surface area contributed by atoms with E-state index in [2.05, 4.69) is 24.2 Å². The number of hydrogen-bond acceptors (Lipinski definition) is 3. The third kappa shape index (κ3) is 3.95. The van der Waals surface area contributed by atoms with Gasteiger partial charge < -0.3 is 15.3 Å². The molecule has 1 aliphatic rings. The SMILES string of the molecule is CC(NC[C@@H](C)O)C1CCN(C)CC1. The van der Waals surface area contributed by atoms with Crippen LogP contribution in [0.3, 0.4) is 0 Å². The number of hydrogen-bond donors (Lipinski definition) is 2. The number of aliphatic hydroxyl groups is 1. The predicted molar refractivity (Wildman–Crippen MR) is 59.4 cm³/mol. The van der Waals surface area contributed by atoms with Gasteiger partial charge in [-0.3, -0.25) is 0 Å². The molecule has 0 radical (unpaired) electrons. The molecule has 1 aliphatic heterocycles. The molecule has 0 saturated carbocycles. The largest absolute Gasteiger partial charge is 0.392 e. The van der Waals surface area contributed by atoms with E-state index in [1.807, 2.05) is 6.92 Å². The van der Waals surface area contributed by atoms with Crippen LogP contribution in [0.25, 0.3) is 0 Å². The first-order chi connectivity index (χ1) is 6.59. The van der Waals surface area contributed by atoms with Gasteiger partial charge in [-0.15, -0.1) is 0 Å². The molecule has 1 rings (SSSR count). The van der Waals surface area contributed by atoms with Crippen LogP contribution >= 0.6 is 0 Å². The average molecular weight is 200 g/mol. The Morgan fingerprint density at radius 2 is 1.93 bits per heavy atom. The van der Waals surface area contributed by atoms with Crippen LogP contribution in [0, 0.1) is 5.92 Å². The van der Waals surface area contributed by atoms with Gasteiger partial charge in [0.15, 0.2) is 0 Å². The van der Waals surface area contributed by atoms with Gasteiger partial charge in [-0.05, 0) is 52.7 Å². The number of nitrogens with zero attached hydrogens (tertiary/aromatic N) is 1. The van der Waals surface area contributed by atoms with Gasteiger partial charge in [-0.2, -0.15) is 0 Å². The molecule has 0 aromatic heterocycles. The molecule has 0 aromatic rings. The third-order valence-corrected chi connectivity index (χ3v) is 3.21. The van der Waals surface area contributed by atoms with Gasteiger partial charge in [0.25, 0.3) is 0 Å². The monoisotopic (exact) mass is 200 g/mol. The number of rotatable bonds is 4. The number of likely N-dealkylation sites (tertiary alicyclic amines) is 1. The number of nitrogens with one attached hydrogen (secondary N) is 1. The lowest BCUT2D eigenvalue weighted by Crippen LogP contribution is -2.42. The maximum atomic E-state index is 9.17. The van der Waals surface area contributed by atoms with Crippen LogP contribution in [0.1, 0.15) is 26.7 Å². The van der Waals surface area contributed by atoms with E-state index < -0.39 is 0 Å². The summed E-state index contributed by atoms with van der Waals surface area (Å²) in [6.07, 6.45) is 2.33. The van der Waals surface area contributed by atoms with E-state index in [0.29, 0.717) is 12.6 Å². The van der Waals surface area contributed by atoms with E-state index >= 15 is 0 Å². The average Bonchev–Trinajstić information content (AvgIpc) is 2.15. The van der Waals surface area contributed by atoms with Crippen molar-refractivity contribution in [2.45, 2.75) is 38.8 Å². The van der Waals surface area contributed by atoms with Crippen LogP contribution in [0.15, 0.2) is 0 Å². The lowest BCUT2D eigenvalue weighted by Gasteiger charge is -2.33. The lowest BCUT2D eigenvalue weighted by molar-refractivity contribution is 0.160. The molecule has 0 amide bonds. The summed E-state index contributed by atoms with van der Waals surface area (Å²) in [5.74, 6) is 0.782. The summed E-state index contributed by atoms with van der Waals surface area (Å²) in [6.45, 7) is 7.21. The Morgan fingerprint density at radius 3 is 2.43 bits per heavy atom. The minimum absolute atomic E-state index is 0.233. The highest BCUT2D eigenvalue weighted by atomic mass is 16.3. The third-order valence-electron chi connectivity index (χ3n) is 3.21. The summed E-state index contributed by atoms with van der Waals surface area (Å²) in [4.78, 5) is 2.39. The Kier molecular flexibility index (Phi) is 4.85. The van der Waals surface area contributed by atoms with E-state index in [4.69, 9.17) is 0 Å². The van der Waals surface area contributed by atoms with Crippen molar-refractivity contribution in [3.05, 3.63) is 0 Å². The molecule has 1 fully saturated rings. The normalized spacial score (nSPS) is 24.9. The van der Waals surface area contributed by atoms with Crippen molar-refractivity contribution in [1.29, 1.82) is 0 Å². The number of piperidine rings is 1. The highest BCUT2D eigenvalue weighted by Gasteiger charge is 2.21. The molecule has 1 saturated heterocycles. The minimum atomic E-state index is -0.233. The molecule has 3 heteroatoms. The predicted octanol–water partition coefficient (Wildman–Crippen LogP) is 0.687. The molecule has 1 heterocycles. The first kappa shape index (κ1) is 12.0. The molecule has 0 aliphatic carbocycles. The second-order valence-corrected chi connectivity index (χ2v) is 4.69. The van der Waals surface area contributed by atoms with E-state index in [0.717, 1.165) is 5.92 Å². The van der Waals surface area contributed by atoms with Crippen molar-refractivity contribution in [1.82, 2.24) is 10.2 Å². The van der Waals surface area contributed by atoms with E-state index in [-0.39, 0.29) is 6.10 Å². The van der Waals surface area contributed by atoms with Crippen molar-refractivity contribution in [3.63, 3.8) is 0 Å². The molecular formula is C11H24N2O. The maximum absolute atomic E-state index is 9.17. The van der Waals surface area contributed by atoms with Crippen LogP contribution in [0.5, 0.6) is 0 Å². The van der Waals surface area contributed by atoms with Crippen molar-refractivity contribution in [3.8, 4) is 0 Å². The van der Waals surface area contributed by atoms with Crippen LogP contribution in [0.4, 0.5) is 0 Å². The molecule has 0 aromatic carbocycles. The molecule has 3 nitrogen and oxygen atoms in total. The summed E-state index contributed by atoms with van der Waals surface area (Å²) in [6, 6.07) is 0.540. The van der Waals surface area contributed by atoms with Gasteiger partial charge in [-0.25, -0.2) is 0 Å². The molecule has 0 spiro atoms. The zero-order chi connectivity index (χ0) is 10.6. The van der Waals surface area contributed by atoms with Crippen LogP contribution in [0.2, 0.25) is 0 Å². The summed E-state index contributed by atoms with van der Waals surface area (Å²) in [7, 11) is 2.18. The Balaban J connectivity index is 2.20. The lowest BCUT2D eigenvalue weighted by atomic mass is 9.90. The van der Waals surface area contributed by atoms with Crippen LogP contribution in [-0.2, 0) is 0 Å². The van der Waals surface area contributed by atoms with Crippen LogP contribution < -0.4 is 5.32 Å². The smallest absolute Gasteiger partial charge is 0.0636 e. The van der Waals surface area contributed by atoms with Crippen molar-refractivity contribution >= 4 is 0 Å².